The Kier molecular flexibility index (Phi) is 4.67. The molecule has 1 nitrogen and oxygen atoms in total. The van der Waals surface area contributed by atoms with Crippen LogP contribution in [0.5, 0.6) is 0 Å². The van der Waals surface area contributed by atoms with E-state index in [-0.39, 0.29) is 5.60 Å². The third-order valence-electron chi connectivity index (χ3n) is 3.09. The van der Waals surface area contributed by atoms with Crippen molar-refractivity contribution in [3.05, 3.63) is 12.2 Å². The SMILES string of the molecule is C=C1CCOC(C)(CCCCCC)C1. The lowest BCUT2D eigenvalue weighted by atomic mass is 9.88. The standard InChI is InChI=1S/C13H24O/c1-4-5-6-7-9-13(3)11-12(2)8-10-14-13/h2,4-11H2,1,3H3. The maximum Gasteiger partial charge on any atom is 0.0691 e. The summed E-state index contributed by atoms with van der Waals surface area (Å²) in [6, 6.07) is 0. The van der Waals surface area contributed by atoms with Gasteiger partial charge in [0.15, 0.2) is 0 Å². The van der Waals surface area contributed by atoms with Gasteiger partial charge in [0.1, 0.15) is 0 Å². The summed E-state index contributed by atoms with van der Waals surface area (Å²) < 4.78 is 5.86. The molecular formula is C13H24O. The molecule has 1 heteroatoms. The summed E-state index contributed by atoms with van der Waals surface area (Å²) in [7, 11) is 0. The molecule has 1 atom stereocenters. The van der Waals surface area contributed by atoms with Crippen molar-refractivity contribution >= 4 is 0 Å². The predicted octanol–water partition coefficient (Wildman–Crippen LogP) is 4.08. The first-order valence-electron chi connectivity index (χ1n) is 5.97. The van der Waals surface area contributed by atoms with Gasteiger partial charge in [-0.3, -0.25) is 0 Å². The summed E-state index contributed by atoms with van der Waals surface area (Å²) in [6.45, 7) is 9.44. The average molecular weight is 196 g/mol. The number of hydrogen-bond acceptors (Lipinski definition) is 1. The van der Waals surface area contributed by atoms with Gasteiger partial charge < -0.3 is 4.74 Å². The van der Waals surface area contributed by atoms with E-state index >= 15 is 0 Å². The van der Waals surface area contributed by atoms with Crippen molar-refractivity contribution in [1.29, 1.82) is 0 Å². The Morgan fingerprint density at radius 3 is 2.79 bits per heavy atom. The Balaban J connectivity index is 2.23. The van der Waals surface area contributed by atoms with Crippen molar-refractivity contribution < 1.29 is 4.74 Å². The van der Waals surface area contributed by atoms with Gasteiger partial charge in [-0.15, -0.1) is 0 Å². The highest BCUT2D eigenvalue weighted by Gasteiger charge is 2.28. The fourth-order valence-corrected chi connectivity index (χ4v) is 2.20. The van der Waals surface area contributed by atoms with Crippen molar-refractivity contribution in [3.63, 3.8) is 0 Å². The Bertz CT molecular complexity index is 186. The molecule has 1 aliphatic heterocycles. The summed E-state index contributed by atoms with van der Waals surface area (Å²) in [4.78, 5) is 0. The van der Waals surface area contributed by atoms with Crippen LogP contribution in [0.4, 0.5) is 0 Å². The van der Waals surface area contributed by atoms with E-state index in [0.717, 1.165) is 19.4 Å². The smallest absolute Gasteiger partial charge is 0.0691 e. The number of hydrogen-bond donors (Lipinski definition) is 0. The van der Waals surface area contributed by atoms with Crippen LogP contribution in [0.25, 0.3) is 0 Å². The van der Waals surface area contributed by atoms with Gasteiger partial charge in [0.05, 0.1) is 12.2 Å². The zero-order valence-electron chi connectivity index (χ0n) is 9.77. The maximum atomic E-state index is 5.86. The van der Waals surface area contributed by atoms with E-state index < -0.39 is 0 Å². The predicted molar refractivity (Wildman–Crippen MR) is 61.5 cm³/mol. The molecule has 0 spiro atoms. The maximum absolute atomic E-state index is 5.86. The molecule has 0 aromatic carbocycles. The Morgan fingerprint density at radius 1 is 1.36 bits per heavy atom. The zero-order chi connectivity index (χ0) is 10.4. The molecule has 0 aliphatic carbocycles. The molecule has 0 aromatic heterocycles. The van der Waals surface area contributed by atoms with E-state index in [1.807, 2.05) is 0 Å². The molecule has 0 N–H and O–H groups in total. The summed E-state index contributed by atoms with van der Waals surface area (Å²) in [5, 5.41) is 0. The van der Waals surface area contributed by atoms with Crippen molar-refractivity contribution in [1.82, 2.24) is 0 Å². The van der Waals surface area contributed by atoms with E-state index in [2.05, 4.69) is 20.4 Å². The van der Waals surface area contributed by atoms with Gasteiger partial charge in [0.2, 0.25) is 0 Å². The van der Waals surface area contributed by atoms with Crippen LogP contribution >= 0.6 is 0 Å². The third kappa shape index (κ3) is 3.83. The van der Waals surface area contributed by atoms with Gasteiger partial charge in [-0.25, -0.2) is 0 Å². The first-order valence-corrected chi connectivity index (χ1v) is 5.97. The molecular weight excluding hydrogens is 172 g/mol. The van der Waals surface area contributed by atoms with E-state index in [0.29, 0.717) is 0 Å². The van der Waals surface area contributed by atoms with E-state index in [4.69, 9.17) is 4.74 Å². The molecule has 0 saturated carbocycles. The molecule has 1 rings (SSSR count). The highest BCUT2D eigenvalue weighted by Crippen LogP contribution is 2.31. The lowest BCUT2D eigenvalue weighted by Gasteiger charge is -2.35. The van der Waals surface area contributed by atoms with Crippen LogP contribution in [0.3, 0.4) is 0 Å². The van der Waals surface area contributed by atoms with Gasteiger partial charge in [-0.05, 0) is 26.2 Å². The monoisotopic (exact) mass is 196 g/mol. The normalized spacial score (nSPS) is 28.0. The molecule has 0 bridgehead atoms. The molecule has 1 saturated heterocycles. The molecule has 82 valence electrons. The minimum Gasteiger partial charge on any atom is -0.375 e. The zero-order valence-corrected chi connectivity index (χ0v) is 9.77. The van der Waals surface area contributed by atoms with Crippen LogP contribution in [0.2, 0.25) is 0 Å². The van der Waals surface area contributed by atoms with Gasteiger partial charge in [-0.1, -0.05) is 44.8 Å². The van der Waals surface area contributed by atoms with Gasteiger partial charge in [0.25, 0.3) is 0 Å². The quantitative estimate of drug-likeness (QED) is 0.475. The second-order valence-electron chi connectivity index (χ2n) is 4.79. The van der Waals surface area contributed by atoms with E-state index in [1.165, 1.54) is 37.7 Å². The van der Waals surface area contributed by atoms with Crippen LogP contribution in [-0.2, 0) is 4.74 Å². The van der Waals surface area contributed by atoms with Crippen LogP contribution in [0.15, 0.2) is 12.2 Å². The lowest BCUT2D eigenvalue weighted by Crippen LogP contribution is -2.33. The van der Waals surface area contributed by atoms with Crippen molar-refractivity contribution in [2.24, 2.45) is 0 Å². The van der Waals surface area contributed by atoms with Crippen LogP contribution in [0, 0.1) is 0 Å². The molecule has 0 aromatic rings. The molecule has 1 heterocycles. The first kappa shape index (κ1) is 11.8. The fraction of sp³-hybridized carbons (Fsp3) is 0.846. The van der Waals surface area contributed by atoms with Crippen molar-refractivity contribution in [3.8, 4) is 0 Å². The number of rotatable bonds is 5. The number of ether oxygens (including phenoxy) is 1. The summed E-state index contributed by atoms with van der Waals surface area (Å²) in [5.74, 6) is 0. The second-order valence-corrected chi connectivity index (χ2v) is 4.79. The largest absolute Gasteiger partial charge is 0.375 e. The Hall–Kier alpha value is -0.300. The molecule has 1 aliphatic rings. The van der Waals surface area contributed by atoms with Gasteiger partial charge in [-0.2, -0.15) is 0 Å². The van der Waals surface area contributed by atoms with Crippen LogP contribution < -0.4 is 0 Å². The topological polar surface area (TPSA) is 9.23 Å². The summed E-state index contributed by atoms with van der Waals surface area (Å²) in [5.41, 5.74) is 1.47. The summed E-state index contributed by atoms with van der Waals surface area (Å²) >= 11 is 0. The minimum absolute atomic E-state index is 0.100. The van der Waals surface area contributed by atoms with Crippen LogP contribution in [-0.4, -0.2) is 12.2 Å². The molecule has 1 fully saturated rings. The lowest BCUT2D eigenvalue weighted by molar-refractivity contribution is -0.0542. The average Bonchev–Trinajstić information content (AvgIpc) is 2.12. The minimum atomic E-state index is 0.100. The van der Waals surface area contributed by atoms with Crippen molar-refractivity contribution in [2.75, 3.05) is 6.61 Å². The Morgan fingerprint density at radius 2 is 2.14 bits per heavy atom. The molecule has 0 radical (unpaired) electrons. The first-order chi connectivity index (χ1) is 6.66. The molecule has 14 heavy (non-hydrogen) atoms. The van der Waals surface area contributed by atoms with Gasteiger partial charge >= 0.3 is 0 Å². The fourth-order valence-electron chi connectivity index (χ4n) is 2.20. The number of unbranched alkanes of at least 4 members (excludes halogenated alkanes) is 3. The third-order valence-corrected chi connectivity index (χ3v) is 3.09. The molecule has 1 unspecified atom stereocenters. The van der Waals surface area contributed by atoms with E-state index in [9.17, 15) is 0 Å². The van der Waals surface area contributed by atoms with Gasteiger partial charge in [0, 0.05) is 0 Å². The highest BCUT2D eigenvalue weighted by atomic mass is 16.5. The second kappa shape index (κ2) is 5.55. The van der Waals surface area contributed by atoms with Crippen LogP contribution in [0.1, 0.15) is 58.8 Å². The molecule has 0 amide bonds. The Labute approximate surface area is 88.5 Å². The highest BCUT2D eigenvalue weighted by molar-refractivity contribution is 5.03. The summed E-state index contributed by atoms with van der Waals surface area (Å²) in [6.07, 6.45) is 8.65. The van der Waals surface area contributed by atoms with E-state index in [1.54, 1.807) is 0 Å². The van der Waals surface area contributed by atoms with Crippen molar-refractivity contribution in [2.45, 2.75) is 64.4 Å².